The first-order valence-corrected chi connectivity index (χ1v) is 9.47. The summed E-state index contributed by atoms with van der Waals surface area (Å²) in [6.07, 6.45) is 1.56. The van der Waals surface area contributed by atoms with E-state index in [0.29, 0.717) is 28.2 Å². The van der Waals surface area contributed by atoms with E-state index in [2.05, 4.69) is 20.5 Å². The molecule has 1 amide bonds. The molecule has 0 aliphatic heterocycles. The highest BCUT2D eigenvalue weighted by Gasteiger charge is 2.10. The molecule has 140 valence electrons. The average Bonchev–Trinajstić information content (AvgIpc) is 3.41. The van der Waals surface area contributed by atoms with Gasteiger partial charge in [-0.2, -0.15) is 4.98 Å². The molecular weight excluding hydrogens is 376 g/mol. The van der Waals surface area contributed by atoms with Gasteiger partial charge >= 0.3 is 0 Å². The van der Waals surface area contributed by atoms with E-state index in [9.17, 15) is 4.79 Å². The molecule has 2 N–H and O–H groups in total. The summed E-state index contributed by atoms with van der Waals surface area (Å²) in [4.78, 5) is 16.4. The second-order valence-corrected chi connectivity index (χ2v) is 6.66. The molecule has 0 aliphatic carbocycles. The summed E-state index contributed by atoms with van der Waals surface area (Å²) in [5.41, 5.74) is 0.692. The number of anilines is 1. The molecule has 0 saturated carbocycles. The highest BCUT2D eigenvalue weighted by Crippen LogP contribution is 2.23. The third kappa shape index (κ3) is 4.60. The van der Waals surface area contributed by atoms with Gasteiger partial charge in [-0.15, -0.1) is 5.10 Å². The predicted molar refractivity (Wildman–Crippen MR) is 106 cm³/mol. The molecule has 0 fully saturated rings. The first-order chi connectivity index (χ1) is 13.8. The maximum absolute atomic E-state index is 12.1. The number of hydrogen-bond acceptors (Lipinski definition) is 6. The van der Waals surface area contributed by atoms with Crippen LogP contribution >= 0.6 is 11.8 Å². The van der Waals surface area contributed by atoms with Crippen molar-refractivity contribution in [1.82, 2.24) is 15.2 Å². The second kappa shape index (κ2) is 8.45. The van der Waals surface area contributed by atoms with Crippen LogP contribution < -0.4 is 10.1 Å². The molecule has 7 nitrogen and oxygen atoms in total. The van der Waals surface area contributed by atoms with Gasteiger partial charge in [0, 0.05) is 5.69 Å². The number of carbonyl (C=O) groups is 1. The standard InChI is InChI=1S/C20H16N4O3S/c25-18(13-28-20-22-19(23-24-20)17-7-4-12-26-17)21-14-8-10-16(11-9-14)27-15-5-2-1-3-6-15/h1-12H,13H2,(H,21,25)(H,22,23,24). The van der Waals surface area contributed by atoms with E-state index in [4.69, 9.17) is 9.15 Å². The van der Waals surface area contributed by atoms with Gasteiger partial charge in [0.25, 0.3) is 0 Å². The number of hydrogen-bond donors (Lipinski definition) is 2. The molecule has 2 heterocycles. The van der Waals surface area contributed by atoms with E-state index in [0.717, 1.165) is 5.75 Å². The molecule has 0 atom stereocenters. The SMILES string of the molecule is O=C(CSc1n[nH]c(-c2ccco2)n1)Nc1ccc(Oc2ccccc2)cc1. The average molecular weight is 392 g/mol. The van der Waals surface area contributed by atoms with Crippen LogP contribution in [0.25, 0.3) is 11.6 Å². The van der Waals surface area contributed by atoms with Crippen LogP contribution in [-0.2, 0) is 4.79 Å². The summed E-state index contributed by atoms with van der Waals surface area (Å²) < 4.78 is 11.0. The van der Waals surface area contributed by atoms with Crippen molar-refractivity contribution >= 4 is 23.4 Å². The lowest BCUT2D eigenvalue weighted by Crippen LogP contribution is -2.14. The Morgan fingerprint density at radius 1 is 1.04 bits per heavy atom. The van der Waals surface area contributed by atoms with Gasteiger partial charge in [0.15, 0.2) is 11.6 Å². The number of rotatable bonds is 7. The minimum Gasteiger partial charge on any atom is -0.461 e. The van der Waals surface area contributed by atoms with Crippen LogP contribution in [0.2, 0.25) is 0 Å². The van der Waals surface area contributed by atoms with Gasteiger partial charge in [0.1, 0.15) is 11.5 Å². The van der Waals surface area contributed by atoms with Gasteiger partial charge in [0.05, 0.1) is 12.0 Å². The predicted octanol–water partition coefficient (Wildman–Crippen LogP) is 4.59. The zero-order chi connectivity index (χ0) is 19.2. The molecule has 2 aromatic carbocycles. The molecule has 2 aromatic heterocycles. The fourth-order valence-electron chi connectivity index (χ4n) is 2.39. The third-order valence-corrected chi connectivity index (χ3v) is 4.52. The normalized spacial score (nSPS) is 10.6. The highest BCUT2D eigenvalue weighted by molar-refractivity contribution is 7.99. The number of aromatic amines is 1. The highest BCUT2D eigenvalue weighted by atomic mass is 32.2. The maximum atomic E-state index is 12.1. The number of para-hydroxylation sites is 1. The van der Waals surface area contributed by atoms with Crippen LogP contribution in [0.3, 0.4) is 0 Å². The smallest absolute Gasteiger partial charge is 0.234 e. The maximum Gasteiger partial charge on any atom is 0.234 e. The molecule has 0 unspecified atom stereocenters. The Labute approximate surface area is 165 Å². The lowest BCUT2D eigenvalue weighted by molar-refractivity contribution is -0.113. The van der Waals surface area contributed by atoms with Crippen molar-refractivity contribution in [2.24, 2.45) is 0 Å². The van der Waals surface area contributed by atoms with E-state index in [1.807, 2.05) is 30.3 Å². The number of aromatic nitrogens is 3. The molecule has 4 aromatic rings. The molecule has 0 saturated heterocycles. The zero-order valence-corrected chi connectivity index (χ0v) is 15.5. The molecule has 0 aliphatic rings. The Morgan fingerprint density at radius 2 is 1.82 bits per heavy atom. The Bertz CT molecular complexity index is 1030. The van der Waals surface area contributed by atoms with Crippen LogP contribution in [-0.4, -0.2) is 26.8 Å². The number of amides is 1. The number of nitrogens with one attached hydrogen (secondary N) is 2. The number of benzene rings is 2. The first kappa shape index (κ1) is 17.9. The van der Waals surface area contributed by atoms with E-state index in [1.54, 1.807) is 42.7 Å². The van der Waals surface area contributed by atoms with Crippen molar-refractivity contribution in [3.05, 3.63) is 73.0 Å². The van der Waals surface area contributed by atoms with Crippen LogP contribution in [0.5, 0.6) is 11.5 Å². The van der Waals surface area contributed by atoms with Crippen molar-refractivity contribution in [3.8, 4) is 23.1 Å². The Balaban J connectivity index is 1.28. The minimum atomic E-state index is -0.147. The second-order valence-electron chi connectivity index (χ2n) is 5.72. The lowest BCUT2D eigenvalue weighted by atomic mass is 10.3. The summed E-state index contributed by atoms with van der Waals surface area (Å²) >= 11 is 1.24. The quantitative estimate of drug-likeness (QED) is 0.447. The Kier molecular flexibility index (Phi) is 5.39. The molecule has 0 radical (unpaired) electrons. The topological polar surface area (TPSA) is 93.0 Å². The van der Waals surface area contributed by atoms with Crippen molar-refractivity contribution < 1.29 is 13.9 Å². The molecular formula is C20H16N4O3S. The largest absolute Gasteiger partial charge is 0.461 e. The number of thioether (sulfide) groups is 1. The summed E-state index contributed by atoms with van der Waals surface area (Å²) in [6, 6.07) is 20.3. The number of H-pyrrole nitrogens is 1. The van der Waals surface area contributed by atoms with E-state index in [-0.39, 0.29) is 11.7 Å². The zero-order valence-electron chi connectivity index (χ0n) is 14.7. The van der Waals surface area contributed by atoms with Gasteiger partial charge in [-0.25, -0.2) is 0 Å². The molecule has 28 heavy (non-hydrogen) atoms. The van der Waals surface area contributed by atoms with Crippen molar-refractivity contribution in [2.45, 2.75) is 5.16 Å². The van der Waals surface area contributed by atoms with Crippen molar-refractivity contribution in [1.29, 1.82) is 0 Å². The summed E-state index contributed by atoms with van der Waals surface area (Å²) in [5, 5.41) is 10.2. The van der Waals surface area contributed by atoms with Gasteiger partial charge in [-0.1, -0.05) is 30.0 Å². The summed E-state index contributed by atoms with van der Waals surface area (Å²) in [5.74, 6) is 2.63. The van der Waals surface area contributed by atoms with Gasteiger partial charge in [-0.05, 0) is 48.5 Å². The summed E-state index contributed by atoms with van der Waals surface area (Å²) in [7, 11) is 0. The third-order valence-electron chi connectivity index (χ3n) is 3.67. The molecule has 8 heteroatoms. The number of ether oxygens (including phenoxy) is 1. The minimum absolute atomic E-state index is 0.147. The van der Waals surface area contributed by atoms with E-state index in [1.165, 1.54) is 11.8 Å². The monoisotopic (exact) mass is 392 g/mol. The van der Waals surface area contributed by atoms with E-state index < -0.39 is 0 Å². The van der Waals surface area contributed by atoms with Gasteiger partial charge < -0.3 is 14.5 Å². The summed E-state index contributed by atoms with van der Waals surface area (Å²) in [6.45, 7) is 0. The van der Waals surface area contributed by atoms with Crippen LogP contribution in [0, 0.1) is 0 Å². The van der Waals surface area contributed by atoms with Crippen molar-refractivity contribution in [2.75, 3.05) is 11.1 Å². The number of nitrogens with zero attached hydrogens (tertiary/aromatic N) is 2. The van der Waals surface area contributed by atoms with Gasteiger partial charge in [0.2, 0.25) is 11.1 Å². The van der Waals surface area contributed by atoms with Crippen LogP contribution in [0.4, 0.5) is 5.69 Å². The number of carbonyl (C=O) groups excluding carboxylic acids is 1. The van der Waals surface area contributed by atoms with Crippen molar-refractivity contribution in [3.63, 3.8) is 0 Å². The first-order valence-electron chi connectivity index (χ1n) is 8.48. The Hall–Kier alpha value is -3.52. The van der Waals surface area contributed by atoms with Crippen LogP contribution in [0.1, 0.15) is 0 Å². The molecule has 0 bridgehead atoms. The Morgan fingerprint density at radius 3 is 2.57 bits per heavy atom. The number of furan rings is 1. The van der Waals surface area contributed by atoms with Crippen LogP contribution in [0.15, 0.2) is 82.6 Å². The van der Waals surface area contributed by atoms with E-state index >= 15 is 0 Å². The molecule has 0 spiro atoms. The fraction of sp³-hybridized carbons (Fsp3) is 0.0500. The fourth-order valence-corrected chi connectivity index (χ4v) is 2.99. The van der Waals surface area contributed by atoms with Gasteiger partial charge in [-0.3, -0.25) is 9.89 Å². The molecule has 4 rings (SSSR count). The lowest BCUT2D eigenvalue weighted by Gasteiger charge is -2.07.